The van der Waals surface area contributed by atoms with Gasteiger partial charge in [-0.3, -0.25) is 39.0 Å². The van der Waals surface area contributed by atoms with Gasteiger partial charge in [0, 0.05) is 24.2 Å². The molecule has 1 fully saturated rings. The van der Waals surface area contributed by atoms with E-state index in [0.717, 1.165) is 10.5 Å². The predicted octanol–water partition coefficient (Wildman–Crippen LogP) is 3.56. The van der Waals surface area contributed by atoms with Crippen molar-refractivity contribution in [2.75, 3.05) is 31.5 Å². The first-order chi connectivity index (χ1) is 25.2. The molecule has 6 rings (SSSR count). The van der Waals surface area contributed by atoms with Crippen molar-refractivity contribution in [3.8, 4) is 22.9 Å². The van der Waals surface area contributed by atoms with Crippen LogP contribution >= 0.6 is 0 Å². The number of anilines is 2. The fourth-order valence-corrected chi connectivity index (χ4v) is 6.06. The average Bonchev–Trinajstić information content (AvgIpc) is 3.63. The maximum Gasteiger partial charge on any atom is 0.278 e. The average molecular weight is 724 g/mol. The summed E-state index contributed by atoms with van der Waals surface area (Å²) in [6.45, 7) is 7.15. The summed E-state index contributed by atoms with van der Waals surface area (Å²) in [7, 11) is 3.06. The highest BCUT2D eigenvalue weighted by Gasteiger charge is 2.45. The van der Waals surface area contributed by atoms with E-state index in [2.05, 4.69) is 26.3 Å². The molecule has 3 N–H and O–H groups in total. The van der Waals surface area contributed by atoms with E-state index in [-0.39, 0.29) is 46.5 Å². The number of amides is 6. The third-order valence-electron chi connectivity index (χ3n) is 8.87. The Hall–Kier alpha value is -6.58. The van der Waals surface area contributed by atoms with E-state index in [9.17, 15) is 28.8 Å². The fraction of sp³-hybridized carbons (Fsp3) is 0.297. The monoisotopic (exact) mass is 723 g/mol. The van der Waals surface area contributed by atoms with Crippen LogP contribution in [0.5, 0.6) is 17.2 Å². The summed E-state index contributed by atoms with van der Waals surface area (Å²) in [5, 5.41) is 16.0. The Bertz CT molecular complexity index is 2190. The van der Waals surface area contributed by atoms with E-state index in [0.29, 0.717) is 28.6 Å². The van der Waals surface area contributed by atoms with Crippen molar-refractivity contribution in [3.63, 3.8) is 0 Å². The molecule has 1 unspecified atom stereocenters. The summed E-state index contributed by atoms with van der Waals surface area (Å²) in [4.78, 5) is 78.2. The van der Waals surface area contributed by atoms with Gasteiger partial charge in [-0.05, 0) is 60.7 Å². The van der Waals surface area contributed by atoms with Gasteiger partial charge in [-0.1, -0.05) is 32.1 Å². The molecule has 0 spiro atoms. The molecule has 53 heavy (non-hydrogen) atoms. The molecule has 16 nitrogen and oxygen atoms in total. The van der Waals surface area contributed by atoms with Gasteiger partial charge in [0.05, 0.1) is 36.7 Å². The summed E-state index contributed by atoms with van der Waals surface area (Å²) in [5.41, 5.74) is 1.87. The minimum atomic E-state index is -1.15. The van der Waals surface area contributed by atoms with Crippen molar-refractivity contribution in [2.24, 2.45) is 0 Å². The third kappa shape index (κ3) is 7.15. The second kappa shape index (κ2) is 14.2. The number of methoxy groups -OCH3 is 2. The molecule has 1 aromatic heterocycles. The van der Waals surface area contributed by atoms with Crippen LogP contribution in [0.2, 0.25) is 0 Å². The summed E-state index contributed by atoms with van der Waals surface area (Å²) in [6.07, 6.45) is -0.0201. The molecule has 1 atom stereocenters. The minimum Gasteiger partial charge on any atom is -0.497 e. The first-order valence-electron chi connectivity index (χ1n) is 16.6. The predicted molar refractivity (Wildman–Crippen MR) is 190 cm³/mol. The summed E-state index contributed by atoms with van der Waals surface area (Å²) >= 11 is 0. The number of nitrogens with zero attached hydrogens (tertiary/aromatic N) is 4. The summed E-state index contributed by atoms with van der Waals surface area (Å²) in [6, 6.07) is 13.5. The first-order valence-corrected chi connectivity index (χ1v) is 16.6. The lowest BCUT2D eigenvalue weighted by Crippen LogP contribution is -2.54. The molecule has 2 aliphatic heterocycles. The van der Waals surface area contributed by atoms with Crippen molar-refractivity contribution < 1.29 is 43.0 Å². The molecule has 4 aromatic rings. The van der Waals surface area contributed by atoms with Crippen molar-refractivity contribution in [1.29, 1.82) is 0 Å². The number of nitrogens with one attached hydrogen (secondary N) is 3. The van der Waals surface area contributed by atoms with Crippen LogP contribution in [-0.2, 0) is 19.8 Å². The van der Waals surface area contributed by atoms with Gasteiger partial charge in [-0.15, -0.1) is 5.10 Å². The lowest BCUT2D eigenvalue weighted by molar-refractivity contribution is -0.136. The largest absolute Gasteiger partial charge is 0.497 e. The molecule has 0 bridgehead atoms. The molecule has 3 aromatic carbocycles. The van der Waals surface area contributed by atoms with Gasteiger partial charge in [-0.2, -0.15) is 0 Å². The number of fused-ring (bicyclic) bond motifs is 1. The lowest BCUT2D eigenvalue weighted by Gasteiger charge is -2.27. The molecular weight excluding hydrogens is 686 g/mol. The standard InChI is InChI=1S/C37H37N7O9/c1-19-32(41-42-44(19)27-17-22(51-5)10-12-28(27)52-6)34(48)38-21-14-20(37(2,3)4)15-23(16-21)53-18-30(46)39-25-9-7-8-24-31(25)36(50)43(35(24)49)26-11-13-29(45)40-33(26)47/h7-10,12,14-17,26H,11,13,18H2,1-6H3,(H,38,48)(H,39,46)(H,40,45,47). The Morgan fingerprint density at radius 3 is 2.42 bits per heavy atom. The van der Waals surface area contributed by atoms with Crippen molar-refractivity contribution in [2.45, 2.75) is 52.0 Å². The second-order valence-corrected chi connectivity index (χ2v) is 13.4. The molecule has 2 aliphatic rings. The Labute approximate surface area is 303 Å². The van der Waals surface area contributed by atoms with Gasteiger partial charge in [-0.25, -0.2) is 4.68 Å². The topological polar surface area (TPSA) is 200 Å². The van der Waals surface area contributed by atoms with Crippen molar-refractivity contribution in [3.05, 3.63) is 82.7 Å². The first kappa shape index (κ1) is 36.2. The second-order valence-electron chi connectivity index (χ2n) is 13.4. The van der Waals surface area contributed by atoms with E-state index in [1.807, 2.05) is 20.8 Å². The van der Waals surface area contributed by atoms with Crippen LogP contribution in [0.25, 0.3) is 5.69 Å². The Balaban J connectivity index is 1.18. The highest BCUT2D eigenvalue weighted by Crippen LogP contribution is 2.34. The molecule has 274 valence electrons. The summed E-state index contributed by atoms with van der Waals surface area (Å²) in [5.74, 6) is -2.50. The van der Waals surface area contributed by atoms with Gasteiger partial charge >= 0.3 is 0 Å². The molecule has 0 radical (unpaired) electrons. The number of carbonyl (C=O) groups excluding carboxylic acids is 6. The summed E-state index contributed by atoms with van der Waals surface area (Å²) < 4.78 is 18.2. The smallest absolute Gasteiger partial charge is 0.278 e. The number of imide groups is 2. The van der Waals surface area contributed by atoms with Gasteiger partial charge < -0.3 is 24.8 Å². The SMILES string of the molecule is COc1ccc(OC)c(-n2nnc(C(=O)Nc3cc(OCC(=O)Nc4cccc5c4C(=O)N(C4CCC(=O)NC4=O)C5=O)cc(C(C)(C)C)c3)c2C)c1. The zero-order valence-corrected chi connectivity index (χ0v) is 29.9. The number of ether oxygens (including phenoxy) is 3. The number of rotatable bonds is 10. The van der Waals surface area contributed by atoms with E-state index in [1.165, 1.54) is 37.1 Å². The fourth-order valence-electron chi connectivity index (χ4n) is 6.06. The Morgan fingerprint density at radius 1 is 0.943 bits per heavy atom. The number of aromatic nitrogens is 3. The molecule has 0 saturated carbocycles. The van der Waals surface area contributed by atoms with Crippen LogP contribution in [0.4, 0.5) is 11.4 Å². The Kier molecular flexibility index (Phi) is 9.71. The highest BCUT2D eigenvalue weighted by atomic mass is 16.5. The van der Waals surface area contributed by atoms with Gasteiger partial charge in [0.25, 0.3) is 23.6 Å². The maximum atomic E-state index is 13.5. The van der Waals surface area contributed by atoms with Crippen LogP contribution in [0.3, 0.4) is 0 Å². The molecule has 1 saturated heterocycles. The van der Waals surface area contributed by atoms with Crippen LogP contribution in [0.15, 0.2) is 54.6 Å². The third-order valence-corrected chi connectivity index (χ3v) is 8.87. The molecule has 3 heterocycles. The van der Waals surface area contributed by atoms with Gasteiger partial charge in [0.1, 0.15) is 29.0 Å². The Morgan fingerprint density at radius 2 is 1.72 bits per heavy atom. The van der Waals surface area contributed by atoms with Gasteiger partial charge in [0.15, 0.2) is 12.3 Å². The van der Waals surface area contributed by atoms with E-state index in [4.69, 9.17) is 14.2 Å². The normalized spacial score (nSPS) is 15.5. The maximum absolute atomic E-state index is 13.5. The van der Waals surface area contributed by atoms with Crippen LogP contribution in [0.1, 0.15) is 76.1 Å². The zero-order valence-electron chi connectivity index (χ0n) is 29.9. The van der Waals surface area contributed by atoms with Crippen molar-refractivity contribution in [1.82, 2.24) is 25.2 Å². The lowest BCUT2D eigenvalue weighted by atomic mass is 9.86. The van der Waals surface area contributed by atoms with Crippen LogP contribution in [-0.4, -0.2) is 82.2 Å². The zero-order chi connectivity index (χ0) is 38.2. The molecule has 0 aliphatic carbocycles. The van der Waals surface area contributed by atoms with E-state index >= 15 is 0 Å². The number of hydrogen-bond acceptors (Lipinski definition) is 11. The molecule has 6 amide bonds. The molecule has 16 heteroatoms. The van der Waals surface area contributed by atoms with E-state index in [1.54, 1.807) is 43.3 Å². The van der Waals surface area contributed by atoms with Crippen LogP contribution < -0.4 is 30.2 Å². The minimum absolute atomic E-state index is 0.0000507. The quantitative estimate of drug-likeness (QED) is 0.202. The van der Waals surface area contributed by atoms with Gasteiger partial charge in [0.2, 0.25) is 11.8 Å². The van der Waals surface area contributed by atoms with E-state index < -0.39 is 48.1 Å². The number of hydrogen-bond donors (Lipinski definition) is 3. The number of carbonyl (C=O) groups is 6. The highest BCUT2D eigenvalue weighted by molar-refractivity contribution is 6.26. The molecular formula is C37H37N7O9. The number of benzene rings is 3. The van der Waals surface area contributed by atoms with Crippen molar-refractivity contribution >= 4 is 46.8 Å². The van der Waals surface area contributed by atoms with Crippen LogP contribution in [0, 0.1) is 6.92 Å². The number of piperidine rings is 1.